The van der Waals surface area contributed by atoms with Gasteiger partial charge in [0.15, 0.2) is 6.61 Å². The summed E-state index contributed by atoms with van der Waals surface area (Å²) in [4.78, 5) is 40.8. The number of furan rings is 1. The van der Waals surface area contributed by atoms with E-state index < -0.39 is 30.6 Å². The summed E-state index contributed by atoms with van der Waals surface area (Å²) in [5, 5.41) is 3.86. The summed E-state index contributed by atoms with van der Waals surface area (Å²) in [6.07, 6.45) is 1.26. The van der Waals surface area contributed by atoms with Gasteiger partial charge in [0.1, 0.15) is 17.6 Å². The van der Waals surface area contributed by atoms with Gasteiger partial charge in [0.25, 0.3) is 11.5 Å². The van der Waals surface area contributed by atoms with Crippen LogP contribution in [0.2, 0.25) is 5.02 Å². The Balaban J connectivity index is 1.37. The van der Waals surface area contributed by atoms with E-state index in [2.05, 4.69) is 10.3 Å². The standard InChI is InChI=1S/C21H16ClN3O5/c22-15-7-3-1-5-13(15)9-23-17(26)11-29-18(27)10-25-12-24-19-14-6-2-4-8-16(14)30-20(19)21(25)28/h1-8,12H,9-11H2,(H,23,26). The van der Waals surface area contributed by atoms with Crippen molar-refractivity contribution in [1.29, 1.82) is 0 Å². The molecule has 0 aliphatic rings. The van der Waals surface area contributed by atoms with Crippen LogP contribution in [0.15, 0.2) is 64.1 Å². The number of aromatic nitrogens is 2. The summed E-state index contributed by atoms with van der Waals surface area (Å²) in [5.41, 5.74) is 1.27. The van der Waals surface area contributed by atoms with Crippen molar-refractivity contribution in [3.63, 3.8) is 0 Å². The molecule has 0 unspecified atom stereocenters. The van der Waals surface area contributed by atoms with Crippen molar-refractivity contribution < 1.29 is 18.7 Å². The molecule has 0 saturated heterocycles. The quantitative estimate of drug-likeness (QED) is 0.476. The largest absolute Gasteiger partial charge is 0.454 e. The van der Waals surface area contributed by atoms with E-state index in [0.717, 1.165) is 15.5 Å². The molecule has 30 heavy (non-hydrogen) atoms. The molecule has 152 valence electrons. The monoisotopic (exact) mass is 425 g/mol. The second-order valence-electron chi connectivity index (χ2n) is 6.48. The fourth-order valence-corrected chi connectivity index (χ4v) is 3.15. The lowest BCUT2D eigenvalue weighted by Gasteiger charge is -2.08. The van der Waals surface area contributed by atoms with Crippen molar-refractivity contribution in [2.45, 2.75) is 13.1 Å². The minimum Gasteiger partial charge on any atom is -0.454 e. The fraction of sp³-hybridized carbons (Fsp3) is 0.143. The lowest BCUT2D eigenvalue weighted by atomic mass is 10.2. The van der Waals surface area contributed by atoms with Crippen LogP contribution < -0.4 is 10.9 Å². The summed E-state index contributed by atoms with van der Waals surface area (Å²) in [6, 6.07) is 14.2. The first-order chi connectivity index (χ1) is 14.5. The van der Waals surface area contributed by atoms with Gasteiger partial charge in [-0.3, -0.25) is 19.0 Å². The number of fused-ring (bicyclic) bond motifs is 3. The number of carbonyl (C=O) groups is 2. The van der Waals surface area contributed by atoms with Gasteiger partial charge >= 0.3 is 5.97 Å². The van der Waals surface area contributed by atoms with Gasteiger partial charge < -0.3 is 14.5 Å². The molecular formula is C21H16ClN3O5. The summed E-state index contributed by atoms with van der Waals surface area (Å²) in [7, 11) is 0. The number of para-hydroxylation sites is 1. The highest BCUT2D eigenvalue weighted by molar-refractivity contribution is 6.31. The Hall–Kier alpha value is -3.65. The van der Waals surface area contributed by atoms with Gasteiger partial charge in [-0.2, -0.15) is 0 Å². The van der Waals surface area contributed by atoms with E-state index in [1.54, 1.807) is 42.5 Å². The molecule has 0 spiro atoms. The van der Waals surface area contributed by atoms with Crippen LogP contribution in [0.1, 0.15) is 5.56 Å². The number of nitrogens with zero attached hydrogens (tertiary/aromatic N) is 2. The molecule has 0 aliphatic heterocycles. The second-order valence-corrected chi connectivity index (χ2v) is 6.89. The molecule has 2 heterocycles. The second kappa shape index (κ2) is 8.38. The van der Waals surface area contributed by atoms with Crippen LogP contribution >= 0.6 is 11.6 Å². The molecule has 0 bridgehead atoms. The van der Waals surface area contributed by atoms with Gasteiger partial charge in [-0.1, -0.05) is 41.9 Å². The van der Waals surface area contributed by atoms with Gasteiger partial charge in [-0.25, -0.2) is 4.98 Å². The zero-order valence-electron chi connectivity index (χ0n) is 15.6. The van der Waals surface area contributed by atoms with Gasteiger partial charge in [0.2, 0.25) is 5.58 Å². The van der Waals surface area contributed by atoms with E-state index in [0.29, 0.717) is 16.1 Å². The highest BCUT2D eigenvalue weighted by atomic mass is 35.5. The number of esters is 1. The van der Waals surface area contributed by atoms with Crippen molar-refractivity contribution in [2.24, 2.45) is 0 Å². The SMILES string of the molecule is O=C(COC(=O)Cn1cnc2c(oc3ccccc32)c1=O)NCc1ccccc1Cl. The van der Waals surface area contributed by atoms with E-state index in [1.807, 2.05) is 6.07 Å². The van der Waals surface area contributed by atoms with Crippen molar-refractivity contribution in [3.05, 3.63) is 75.8 Å². The minimum absolute atomic E-state index is 0.0592. The number of ether oxygens (including phenoxy) is 1. The Morgan fingerprint density at radius 2 is 1.90 bits per heavy atom. The Bertz CT molecular complexity index is 1310. The number of carbonyl (C=O) groups excluding carboxylic acids is 2. The summed E-state index contributed by atoms with van der Waals surface area (Å²) >= 11 is 6.02. The average Bonchev–Trinajstić information content (AvgIpc) is 3.13. The number of hydrogen-bond donors (Lipinski definition) is 1. The Morgan fingerprint density at radius 1 is 1.13 bits per heavy atom. The molecule has 2 aromatic carbocycles. The maximum atomic E-state index is 12.6. The van der Waals surface area contributed by atoms with E-state index in [1.165, 1.54) is 6.33 Å². The molecule has 1 N–H and O–H groups in total. The number of halogens is 1. The minimum atomic E-state index is -0.748. The topological polar surface area (TPSA) is 103 Å². The smallest absolute Gasteiger partial charge is 0.326 e. The number of rotatable bonds is 6. The van der Waals surface area contributed by atoms with Crippen LogP contribution in [0, 0.1) is 0 Å². The molecule has 1 amide bonds. The van der Waals surface area contributed by atoms with Crippen molar-refractivity contribution >= 4 is 45.5 Å². The summed E-state index contributed by atoms with van der Waals surface area (Å²) < 4.78 is 11.6. The number of benzene rings is 2. The first kappa shape index (κ1) is 19.7. The summed E-state index contributed by atoms with van der Waals surface area (Å²) in [5.74, 6) is -1.23. The van der Waals surface area contributed by atoms with Crippen LogP contribution in [-0.2, 0) is 27.4 Å². The molecule has 0 atom stereocenters. The molecule has 2 aromatic heterocycles. The first-order valence-electron chi connectivity index (χ1n) is 9.05. The molecule has 4 rings (SSSR count). The zero-order chi connectivity index (χ0) is 21.1. The van der Waals surface area contributed by atoms with E-state index in [4.69, 9.17) is 20.8 Å². The van der Waals surface area contributed by atoms with Crippen molar-refractivity contribution in [2.75, 3.05) is 6.61 Å². The summed E-state index contributed by atoms with van der Waals surface area (Å²) in [6.45, 7) is -0.656. The predicted octanol–water partition coefficient (Wildman–Crippen LogP) is 2.66. The molecule has 0 aliphatic carbocycles. The van der Waals surface area contributed by atoms with Crippen molar-refractivity contribution in [3.8, 4) is 0 Å². The Kier molecular flexibility index (Phi) is 5.49. The van der Waals surface area contributed by atoms with Crippen molar-refractivity contribution in [1.82, 2.24) is 14.9 Å². The molecule has 0 fully saturated rings. The maximum absolute atomic E-state index is 12.6. The van der Waals surface area contributed by atoms with Gasteiger partial charge in [0.05, 0.1) is 6.33 Å². The average molecular weight is 426 g/mol. The van der Waals surface area contributed by atoms with Gasteiger partial charge in [-0.15, -0.1) is 0 Å². The lowest BCUT2D eigenvalue weighted by molar-refractivity contribution is -0.149. The number of nitrogens with one attached hydrogen (secondary N) is 1. The van der Waals surface area contributed by atoms with Crippen LogP contribution in [0.25, 0.3) is 22.1 Å². The molecular weight excluding hydrogens is 410 g/mol. The van der Waals surface area contributed by atoms with Crippen LogP contribution in [0.4, 0.5) is 0 Å². The normalized spacial score (nSPS) is 11.0. The fourth-order valence-electron chi connectivity index (χ4n) is 2.95. The first-order valence-corrected chi connectivity index (χ1v) is 9.43. The third-order valence-corrected chi connectivity index (χ3v) is 4.82. The number of amides is 1. The molecule has 8 nitrogen and oxygen atoms in total. The molecule has 9 heteroatoms. The maximum Gasteiger partial charge on any atom is 0.326 e. The Morgan fingerprint density at radius 3 is 2.73 bits per heavy atom. The highest BCUT2D eigenvalue weighted by Crippen LogP contribution is 2.24. The third-order valence-electron chi connectivity index (χ3n) is 4.45. The Labute approximate surface area is 175 Å². The molecule has 0 saturated carbocycles. The predicted molar refractivity (Wildman–Crippen MR) is 110 cm³/mol. The highest BCUT2D eigenvalue weighted by Gasteiger charge is 2.15. The lowest BCUT2D eigenvalue weighted by Crippen LogP contribution is -2.31. The third kappa shape index (κ3) is 4.04. The number of hydrogen-bond acceptors (Lipinski definition) is 6. The van der Waals surface area contributed by atoms with Gasteiger partial charge in [0, 0.05) is 17.0 Å². The van der Waals surface area contributed by atoms with E-state index in [-0.39, 0.29) is 12.1 Å². The van der Waals surface area contributed by atoms with Crippen LogP contribution in [0.5, 0.6) is 0 Å². The van der Waals surface area contributed by atoms with E-state index in [9.17, 15) is 14.4 Å². The zero-order valence-corrected chi connectivity index (χ0v) is 16.4. The van der Waals surface area contributed by atoms with Gasteiger partial charge in [-0.05, 0) is 23.8 Å². The van der Waals surface area contributed by atoms with Crippen LogP contribution in [0.3, 0.4) is 0 Å². The molecule has 0 radical (unpaired) electrons. The molecule has 4 aromatic rings. The van der Waals surface area contributed by atoms with E-state index >= 15 is 0 Å². The van der Waals surface area contributed by atoms with Crippen LogP contribution in [-0.4, -0.2) is 28.0 Å².